The van der Waals surface area contributed by atoms with Crippen molar-refractivity contribution in [1.82, 2.24) is 10.2 Å². The van der Waals surface area contributed by atoms with Crippen LogP contribution in [0.4, 0.5) is 4.79 Å². The molecule has 0 bridgehead atoms. The van der Waals surface area contributed by atoms with Gasteiger partial charge in [0.2, 0.25) is 0 Å². The van der Waals surface area contributed by atoms with E-state index in [1.807, 2.05) is 27.7 Å². The van der Waals surface area contributed by atoms with Crippen LogP contribution in [-0.4, -0.2) is 55.3 Å². The molecule has 1 aliphatic carbocycles. The van der Waals surface area contributed by atoms with E-state index in [0.29, 0.717) is 25.0 Å². The fraction of sp³-hybridized carbons (Fsp3) is 0.895. The molecule has 0 unspecified atom stereocenters. The number of hydrogen-bond donors (Lipinski definition) is 1. The molecule has 6 nitrogen and oxygen atoms in total. The van der Waals surface area contributed by atoms with Gasteiger partial charge >= 0.3 is 12.1 Å². The third-order valence-electron chi connectivity index (χ3n) is 5.01. The number of hydrogen-bond acceptors (Lipinski definition) is 5. The molecule has 1 saturated carbocycles. The van der Waals surface area contributed by atoms with Crippen LogP contribution in [0, 0.1) is 17.8 Å². The maximum absolute atomic E-state index is 11.7. The van der Waals surface area contributed by atoms with E-state index in [4.69, 9.17) is 9.47 Å². The van der Waals surface area contributed by atoms with Gasteiger partial charge in [0.15, 0.2) is 0 Å². The van der Waals surface area contributed by atoms with Crippen LogP contribution in [0.3, 0.4) is 0 Å². The smallest absolute Gasteiger partial charge is 0.407 e. The van der Waals surface area contributed by atoms with Crippen LogP contribution in [0.15, 0.2) is 0 Å². The molecule has 0 spiro atoms. The van der Waals surface area contributed by atoms with Crippen LogP contribution in [0.1, 0.15) is 53.4 Å². The van der Waals surface area contributed by atoms with Crippen molar-refractivity contribution in [2.24, 2.45) is 17.8 Å². The van der Waals surface area contributed by atoms with Crippen LogP contribution in [0.25, 0.3) is 0 Å². The van der Waals surface area contributed by atoms with E-state index in [1.54, 1.807) is 0 Å². The van der Waals surface area contributed by atoms with Crippen molar-refractivity contribution < 1.29 is 19.1 Å². The van der Waals surface area contributed by atoms with Gasteiger partial charge < -0.3 is 19.7 Å². The van der Waals surface area contributed by atoms with Gasteiger partial charge in [-0.2, -0.15) is 0 Å². The molecule has 144 valence electrons. The minimum absolute atomic E-state index is 0.0225. The van der Waals surface area contributed by atoms with Crippen molar-refractivity contribution in [3.8, 4) is 0 Å². The third kappa shape index (κ3) is 6.84. The zero-order chi connectivity index (χ0) is 18.4. The highest BCUT2D eigenvalue weighted by molar-refractivity contribution is 5.73. The first-order chi connectivity index (χ1) is 11.8. The summed E-state index contributed by atoms with van der Waals surface area (Å²) in [5, 5.41) is 2.89. The second-order valence-electron chi connectivity index (χ2n) is 8.41. The summed E-state index contributed by atoms with van der Waals surface area (Å²) in [6.45, 7) is 11.9. The Morgan fingerprint density at radius 1 is 1.12 bits per heavy atom. The van der Waals surface area contributed by atoms with E-state index >= 15 is 0 Å². The van der Waals surface area contributed by atoms with Crippen molar-refractivity contribution in [1.29, 1.82) is 0 Å². The Kier molecular flexibility index (Phi) is 7.11. The predicted molar refractivity (Wildman–Crippen MR) is 96.2 cm³/mol. The highest BCUT2D eigenvalue weighted by Crippen LogP contribution is 2.35. The fourth-order valence-corrected chi connectivity index (χ4v) is 3.62. The van der Waals surface area contributed by atoms with Gasteiger partial charge in [-0.1, -0.05) is 0 Å². The summed E-state index contributed by atoms with van der Waals surface area (Å²) in [6.07, 6.45) is 3.82. The van der Waals surface area contributed by atoms with Crippen LogP contribution in [0.2, 0.25) is 0 Å². The second kappa shape index (κ2) is 8.88. The number of amides is 1. The molecule has 2 rings (SSSR count). The molecule has 0 atom stereocenters. The average molecular weight is 354 g/mol. The number of nitrogens with one attached hydrogen (secondary N) is 1. The molecule has 25 heavy (non-hydrogen) atoms. The van der Waals surface area contributed by atoms with E-state index in [0.717, 1.165) is 45.3 Å². The fourth-order valence-electron chi connectivity index (χ4n) is 3.62. The van der Waals surface area contributed by atoms with Gasteiger partial charge in [-0.25, -0.2) is 4.79 Å². The van der Waals surface area contributed by atoms with Gasteiger partial charge in [0, 0.05) is 13.1 Å². The van der Waals surface area contributed by atoms with E-state index in [9.17, 15) is 9.59 Å². The summed E-state index contributed by atoms with van der Waals surface area (Å²) in [5.74, 6) is 1.26. The summed E-state index contributed by atoms with van der Waals surface area (Å²) < 4.78 is 10.4. The molecule has 0 radical (unpaired) electrons. The van der Waals surface area contributed by atoms with Gasteiger partial charge in [0.05, 0.1) is 12.5 Å². The highest BCUT2D eigenvalue weighted by atomic mass is 16.6. The maximum Gasteiger partial charge on any atom is 0.407 e. The van der Waals surface area contributed by atoms with Gasteiger partial charge in [-0.3, -0.25) is 4.79 Å². The zero-order valence-corrected chi connectivity index (χ0v) is 16.2. The normalized spacial score (nSPS) is 25.1. The monoisotopic (exact) mass is 354 g/mol. The third-order valence-corrected chi connectivity index (χ3v) is 5.01. The quantitative estimate of drug-likeness (QED) is 0.743. The number of rotatable bonds is 6. The lowest BCUT2D eigenvalue weighted by molar-refractivity contribution is -0.153. The molecule has 1 heterocycles. The first-order valence-corrected chi connectivity index (χ1v) is 9.62. The van der Waals surface area contributed by atoms with Crippen LogP contribution >= 0.6 is 0 Å². The molecule has 6 heteroatoms. The van der Waals surface area contributed by atoms with E-state index in [2.05, 4.69) is 10.2 Å². The van der Waals surface area contributed by atoms with Gasteiger partial charge in [-0.05, 0) is 78.3 Å². The standard InChI is InChI=1S/C19H34N2O4/c1-5-24-17(22)16-10-15(11-16)13-21-8-6-14(7-9-21)12-20-18(23)25-19(2,3)4/h14-16H,5-13H2,1-4H3,(H,20,23). The maximum atomic E-state index is 11.7. The highest BCUT2D eigenvalue weighted by Gasteiger charge is 2.36. The predicted octanol–water partition coefficient (Wildman–Crippen LogP) is 2.81. The molecule has 1 aliphatic heterocycles. The second-order valence-corrected chi connectivity index (χ2v) is 8.41. The van der Waals surface area contributed by atoms with E-state index in [1.165, 1.54) is 0 Å². The molecule has 1 N–H and O–H groups in total. The Morgan fingerprint density at radius 2 is 1.76 bits per heavy atom. The average Bonchev–Trinajstić information content (AvgIpc) is 2.48. The molecule has 0 aromatic heterocycles. The Morgan fingerprint density at radius 3 is 2.32 bits per heavy atom. The molecule has 0 aromatic rings. The molecular weight excluding hydrogens is 320 g/mol. The number of alkyl carbamates (subject to hydrolysis) is 1. The number of esters is 1. The van der Waals surface area contributed by atoms with Crippen LogP contribution < -0.4 is 5.32 Å². The molecule has 1 amide bonds. The van der Waals surface area contributed by atoms with E-state index in [-0.39, 0.29) is 18.0 Å². The lowest BCUT2D eigenvalue weighted by Crippen LogP contribution is -2.44. The van der Waals surface area contributed by atoms with Crippen molar-refractivity contribution in [3.05, 3.63) is 0 Å². The minimum Gasteiger partial charge on any atom is -0.466 e. The summed E-state index contributed by atoms with van der Waals surface area (Å²) in [7, 11) is 0. The summed E-state index contributed by atoms with van der Waals surface area (Å²) in [6, 6.07) is 0. The summed E-state index contributed by atoms with van der Waals surface area (Å²) in [4.78, 5) is 25.8. The Labute approximate surface area is 151 Å². The lowest BCUT2D eigenvalue weighted by Gasteiger charge is -2.39. The number of ether oxygens (including phenoxy) is 2. The molecule has 0 aromatic carbocycles. The Bertz CT molecular complexity index is 447. The first kappa shape index (κ1) is 20.0. The Hall–Kier alpha value is -1.30. The zero-order valence-electron chi connectivity index (χ0n) is 16.2. The van der Waals surface area contributed by atoms with Crippen molar-refractivity contribution in [2.75, 3.05) is 32.8 Å². The molecular formula is C19H34N2O4. The Balaban J connectivity index is 1.57. The number of piperidine rings is 1. The van der Waals surface area contributed by atoms with Crippen LogP contribution in [-0.2, 0) is 14.3 Å². The topological polar surface area (TPSA) is 67.9 Å². The SMILES string of the molecule is CCOC(=O)C1CC(CN2CCC(CNC(=O)OC(C)(C)C)CC2)C1. The van der Waals surface area contributed by atoms with Crippen LogP contribution in [0.5, 0.6) is 0 Å². The van der Waals surface area contributed by atoms with Gasteiger partial charge in [0.25, 0.3) is 0 Å². The lowest BCUT2D eigenvalue weighted by atomic mass is 9.74. The van der Waals surface area contributed by atoms with Gasteiger partial charge in [0.1, 0.15) is 5.60 Å². The summed E-state index contributed by atoms with van der Waals surface area (Å²) in [5.41, 5.74) is -0.447. The molecule has 1 saturated heterocycles. The van der Waals surface area contributed by atoms with Crippen molar-refractivity contribution >= 4 is 12.1 Å². The number of likely N-dealkylation sites (tertiary alicyclic amines) is 1. The number of carbonyl (C=O) groups is 2. The summed E-state index contributed by atoms with van der Waals surface area (Å²) >= 11 is 0. The van der Waals surface area contributed by atoms with E-state index < -0.39 is 5.60 Å². The largest absolute Gasteiger partial charge is 0.466 e. The number of nitrogens with zero attached hydrogens (tertiary/aromatic N) is 1. The van der Waals surface area contributed by atoms with Crippen molar-refractivity contribution in [3.63, 3.8) is 0 Å². The first-order valence-electron chi connectivity index (χ1n) is 9.62. The molecule has 2 aliphatic rings. The molecule has 2 fully saturated rings. The van der Waals surface area contributed by atoms with Crippen molar-refractivity contribution in [2.45, 2.75) is 59.0 Å². The minimum atomic E-state index is -0.447. The number of carbonyl (C=O) groups excluding carboxylic acids is 2. The van der Waals surface area contributed by atoms with Gasteiger partial charge in [-0.15, -0.1) is 0 Å².